The van der Waals surface area contributed by atoms with Crippen LogP contribution < -0.4 is 21.1 Å². The van der Waals surface area contributed by atoms with E-state index in [-0.39, 0.29) is 24.9 Å². The number of benzene rings is 3. The van der Waals surface area contributed by atoms with Crippen molar-refractivity contribution in [3.63, 3.8) is 0 Å². The van der Waals surface area contributed by atoms with Gasteiger partial charge in [0.15, 0.2) is 6.61 Å². The summed E-state index contributed by atoms with van der Waals surface area (Å²) >= 11 is 0. The van der Waals surface area contributed by atoms with Gasteiger partial charge < -0.3 is 35.9 Å². The van der Waals surface area contributed by atoms with Gasteiger partial charge in [-0.3, -0.25) is 34.2 Å². The Labute approximate surface area is 335 Å². The number of nitrogens with two attached hydrogens (primary N) is 1. The first kappa shape index (κ1) is 44.3. The molecular weight excluding hydrogens is 750 g/mol. The number of nitrogens with one attached hydrogen (secondary N) is 3. The predicted molar refractivity (Wildman–Crippen MR) is 211 cm³/mol. The SMILES string of the molecule is CC[C@H](C)[C@@H](C(=O)OC)N(C(=O)CC(O)[C@@H](N)Cc1ccc([N+](=O)[O-])cc1)C(=O)[C@H](Cc1cnc[nH]1)NC(=O)[C@H](Cc1ccccc1)NC(=O)COc1ccccc1. The van der Waals surface area contributed by atoms with Gasteiger partial charge in [0, 0.05) is 42.9 Å². The molecule has 3 aromatic carbocycles. The number of methoxy groups -OCH3 is 1. The van der Waals surface area contributed by atoms with Gasteiger partial charge in [-0.2, -0.15) is 0 Å². The number of rotatable bonds is 21. The summed E-state index contributed by atoms with van der Waals surface area (Å²) in [7, 11) is 1.11. The molecule has 0 fully saturated rings. The Balaban J connectivity index is 1.64. The van der Waals surface area contributed by atoms with E-state index in [0.717, 1.165) is 7.11 Å². The van der Waals surface area contributed by atoms with E-state index < -0.39 is 83.7 Å². The largest absolute Gasteiger partial charge is 0.484 e. The lowest BCUT2D eigenvalue weighted by molar-refractivity contribution is -0.384. The van der Waals surface area contributed by atoms with Gasteiger partial charge >= 0.3 is 5.97 Å². The minimum Gasteiger partial charge on any atom is -0.484 e. The van der Waals surface area contributed by atoms with Crippen LogP contribution in [0.15, 0.2) is 97.5 Å². The Bertz CT molecular complexity index is 1960. The van der Waals surface area contributed by atoms with Crippen molar-refractivity contribution >= 4 is 35.3 Å². The number of nitrogens with zero attached hydrogens (tertiary/aromatic N) is 3. The number of para-hydroxylation sites is 1. The highest BCUT2D eigenvalue weighted by Gasteiger charge is 2.43. The van der Waals surface area contributed by atoms with E-state index in [2.05, 4.69) is 20.6 Å². The zero-order valence-electron chi connectivity index (χ0n) is 32.5. The zero-order valence-corrected chi connectivity index (χ0v) is 32.5. The van der Waals surface area contributed by atoms with Crippen LogP contribution in [-0.2, 0) is 48.0 Å². The molecule has 1 unspecified atom stereocenters. The number of ether oxygens (including phenoxy) is 2. The molecule has 17 nitrogen and oxygen atoms in total. The number of hydrogen-bond donors (Lipinski definition) is 5. The Morgan fingerprint density at radius 3 is 2.14 bits per heavy atom. The molecule has 4 amide bonds. The van der Waals surface area contributed by atoms with Crippen molar-refractivity contribution in [3.05, 3.63) is 124 Å². The van der Waals surface area contributed by atoms with E-state index in [1.54, 1.807) is 74.5 Å². The second kappa shape index (κ2) is 21.7. The number of aromatic nitrogens is 2. The molecule has 4 rings (SSSR count). The van der Waals surface area contributed by atoms with Crippen molar-refractivity contribution in [1.82, 2.24) is 25.5 Å². The fourth-order valence-electron chi connectivity index (χ4n) is 6.16. The fraction of sp³-hybridized carbons (Fsp3) is 0.366. The highest BCUT2D eigenvalue weighted by molar-refractivity contribution is 6.03. The van der Waals surface area contributed by atoms with Crippen LogP contribution in [0.3, 0.4) is 0 Å². The number of imidazole rings is 1. The Morgan fingerprint density at radius 2 is 1.55 bits per heavy atom. The maximum absolute atomic E-state index is 14.8. The molecule has 6 N–H and O–H groups in total. The highest BCUT2D eigenvalue weighted by Crippen LogP contribution is 2.22. The summed E-state index contributed by atoms with van der Waals surface area (Å²) in [6.07, 6.45) is 0.715. The van der Waals surface area contributed by atoms with E-state index in [9.17, 15) is 39.2 Å². The van der Waals surface area contributed by atoms with Crippen LogP contribution in [0, 0.1) is 16.0 Å². The second-order valence-electron chi connectivity index (χ2n) is 13.8. The van der Waals surface area contributed by atoms with Gasteiger partial charge in [-0.25, -0.2) is 9.78 Å². The molecule has 0 bridgehead atoms. The highest BCUT2D eigenvalue weighted by atomic mass is 16.6. The van der Waals surface area contributed by atoms with E-state index in [1.807, 2.05) is 0 Å². The minimum atomic E-state index is -1.53. The summed E-state index contributed by atoms with van der Waals surface area (Å²) in [4.78, 5) is 87.9. The van der Waals surface area contributed by atoms with Gasteiger partial charge in [-0.15, -0.1) is 0 Å². The third-order valence-electron chi connectivity index (χ3n) is 9.55. The molecule has 17 heteroatoms. The molecule has 1 aromatic heterocycles. The van der Waals surface area contributed by atoms with Gasteiger partial charge in [0.05, 0.1) is 30.9 Å². The molecule has 0 spiro atoms. The van der Waals surface area contributed by atoms with E-state index in [1.165, 1.54) is 36.8 Å². The lowest BCUT2D eigenvalue weighted by atomic mass is 9.94. The number of carbonyl (C=O) groups is 5. The Kier molecular flexibility index (Phi) is 16.6. The smallest absolute Gasteiger partial charge is 0.329 e. The molecule has 4 aromatic rings. The lowest BCUT2D eigenvalue weighted by Crippen LogP contribution is -2.61. The zero-order chi connectivity index (χ0) is 42.2. The number of nitro groups is 1. The van der Waals surface area contributed by atoms with Gasteiger partial charge in [0.2, 0.25) is 11.8 Å². The van der Waals surface area contributed by atoms with Crippen LogP contribution in [0.25, 0.3) is 0 Å². The van der Waals surface area contributed by atoms with Crippen molar-refractivity contribution in [3.8, 4) is 5.75 Å². The maximum Gasteiger partial charge on any atom is 0.329 e. The number of imide groups is 1. The molecule has 308 valence electrons. The number of non-ortho nitro benzene ring substituents is 1. The number of esters is 1. The lowest BCUT2D eigenvalue weighted by Gasteiger charge is -2.35. The summed E-state index contributed by atoms with van der Waals surface area (Å²) in [5, 5.41) is 27.6. The monoisotopic (exact) mass is 799 g/mol. The number of amides is 4. The summed E-state index contributed by atoms with van der Waals surface area (Å²) in [5.74, 6) is -4.44. The first-order chi connectivity index (χ1) is 27.8. The van der Waals surface area contributed by atoms with Crippen molar-refractivity contribution < 1.29 is 43.5 Å². The first-order valence-electron chi connectivity index (χ1n) is 18.7. The number of aliphatic hydroxyl groups excluding tert-OH is 1. The fourth-order valence-corrected chi connectivity index (χ4v) is 6.16. The van der Waals surface area contributed by atoms with Gasteiger partial charge in [-0.1, -0.05) is 80.9 Å². The maximum atomic E-state index is 14.8. The summed E-state index contributed by atoms with van der Waals surface area (Å²) in [6.45, 7) is 2.99. The number of H-pyrrole nitrogens is 1. The summed E-state index contributed by atoms with van der Waals surface area (Å²) in [6, 6.07) is 17.8. The van der Waals surface area contributed by atoms with Crippen LogP contribution >= 0.6 is 0 Å². The van der Waals surface area contributed by atoms with E-state index in [0.29, 0.717) is 33.9 Å². The third kappa shape index (κ3) is 12.8. The van der Waals surface area contributed by atoms with E-state index in [4.69, 9.17) is 15.2 Å². The topological polar surface area (TPSA) is 249 Å². The van der Waals surface area contributed by atoms with Gasteiger partial charge in [0.1, 0.15) is 23.9 Å². The van der Waals surface area contributed by atoms with Gasteiger partial charge in [0.25, 0.3) is 17.5 Å². The number of aromatic amines is 1. The van der Waals surface area contributed by atoms with Crippen molar-refractivity contribution in [2.24, 2.45) is 11.7 Å². The van der Waals surface area contributed by atoms with E-state index >= 15 is 0 Å². The van der Waals surface area contributed by atoms with Crippen LogP contribution in [0.2, 0.25) is 0 Å². The van der Waals surface area contributed by atoms with Crippen LogP contribution in [0.1, 0.15) is 43.5 Å². The van der Waals surface area contributed by atoms with Crippen LogP contribution in [0.5, 0.6) is 5.75 Å². The minimum absolute atomic E-state index is 0.0217. The number of hydrogen-bond acceptors (Lipinski definition) is 12. The number of carbonyl (C=O) groups excluding carboxylic acids is 5. The third-order valence-corrected chi connectivity index (χ3v) is 9.55. The molecule has 58 heavy (non-hydrogen) atoms. The molecule has 1 heterocycles. The molecule has 6 atom stereocenters. The predicted octanol–water partition coefficient (Wildman–Crippen LogP) is 2.42. The van der Waals surface area contributed by atoms with Crippen LogP contribution in [0.4, 0.5) is 5.69 Å². The number of aliphatic hydroxyl groups is 1. The first-order valence-corrected chi connectivity index (χ1v) is 18.7. The molecule has 0 aliphatic rings. The Hall–Kier alpha value is -6.46. The average Bonchev–Trinajstić information content (AvgIpc) is 3.74. The molecule has 0 saturated heterocycles. The van der Waals surface area contributed by atoms with Crippen molar-refractivity contribution in [1.29, 1.82) is 0 Å². The summed E-state index contributed by atoms with van der Waals surface area (Å²) < 4.78 is 10.6. The molecule has 0 aliphatic heterocycles. The molecule has 0 saturated carbocycles. The van der Waals surface area contributed by atoms with Crippen LogP contribution in [-0.4, -0.2) is 98.5 Å². The molecule has 0 radical (unpaired) electrons. The molecule has 0 aliphatic carbocycles. The quantitative estimate of drug-likeness (QED) is 0.0463. The normalized spacial score (nSPS) is 14.1. The number of nitro benzene ring substituents is 1. The second-order valence-corrected chi connectivity index (χ2v) is 13.8. The van der Waals surface area contributed by atoms with Crippen molar-refractivity contribution in [2.45, 2.75) is 76.2 Å². The summed E-state index contributed by atoms with van der Waals surface area (Å²) in [5.41, 5.74) is 7.79. The average molecular weight is 800 g/mol. The molecular formula is C41H49N7O10. The van der Waals surface area contributed by atoms with Crippen molar-refractivity contribution in [2.75, 3.05) is 13.7 Å². The standard InChI is InChI=1S/C41H49N7O10/c1-4-26(2)38(41(54)57-3)47(37(51)22-35(49)32(42)19-28-15-17-30(18-16-28)48(55)56)40(53)34(21-29-23-43-25-44-29)46-39(52)33(20-27-11-7-5-8-12-27)45-36(50)24-58-31-13-9-6-10-14-31/h5-18,23,25-26,32-35,38,49H,4,19-22,24,42H2,1-3H3,(H,43,44)(H,45,50)(H,46,52)/t26-,32-,33-,34-,35?,38-/m0/s1. The Morgan fingerprint density at radius 1 is 0.914 bits per heavy atom. The van der Waals surface area contributed by atoms with Gasteiger partial charge in [-0.05, 0) is 35.6 Å².